The minimum atomic E-state index is -0.754. The van der Waals surface area contributed by atoms with Crippen molar-refractivity contribution >= 4 is 17.8 Å². The number of carbonyl (C=O) groups is 1. The Morgan fingerprint density at radius 2 is 1.88 bits per heavy atom. The topological polar surface area (TPSA) is 143 Å². The van der Waals surface area contributed by atoms with Gasteiger partial charge in [0.15, 0.2) is 17.3 Å². The second kappa shape index (κ2) is 6.20. The Labute approximate surface area is 144 Å². The summed E-state index contributed by atoms with van der Waals surface area (Å²) in [6.45, 7) is 0.922. The molecule has 0 atom stereocenters. The third-order valence-electron chi connectivity index (χ3n) is 3.43. The number of fused-ring (bicyclic) bond motifs is 1. The first-order valence-electron chi connectivity index (χ1n) is 7.39. The number of ether oxygens (including phenoxy) is 2. The highest BCUT2D eigenvalue weighted by atomic mass is 16.6. The van der Waals surface area contributed by atoms with Crippen molar-refractivity contribution in [1.29, 1.82) is 0 Å². The lowest BCUT2D eigenvalue weighted by atomic mass is 10.2. The van der Waals surface area contributed by atoms with Gasteiger partial charge in [0.2, 0.25) is 5.89 Å². The molecule has 0 unspecified atom stereocenters. The summed E-state index contributed by atoms with van der Waals surface area (Å²) in [7, 11) is 0. The van der Waals surface area contributed by atoms with Gasteiger partial charge < -0.3 is 18.3 Å². The Hall–Kier alpha value is -3.89. The summed E-state index contributed by atoms with van der Waals surface area (Å²) in [5.74, 6) is -0.223. The van der Waals surface area contributed by atoms with Crippen LogP contribution in [0.1, 0.15) is 10.6 Å². The van der Waals surface area contributed by atoms with Gasteiger partial charge in [-0.3, -0.25) is 20.2 Å². The summed E-state index contributed by atoms with van der Waals surface area (Å²) >= 11 is 0. The van der Waals surface area contributed by atoms with Gasteiger partial charge in [0.25, 0.3) is 5.91 Å². The number of anilines is 1. The van der Waals surface area contributed by atoms with E-state index in [1.807, 2.05) is 0 Å². The second-order valence-corrected chi connectivity index (χ2v) is 5.12. The van der Waals surface area contributed by atoms with E-state index in [-0.39, 0.29) is 17.7 Å². The van der Waals surface area contributed by atoms with Crippen LogP contribution in [0.4, 0.5) is 11.9 Å². The molecule has 11 nitrogen and oxygen atoms in total. The molecule has 26 heavy (non-hydrogen) atoms. The van der Waals surface area contributed by atoms with Gasteiger partial charge in [-0.15, -0.1) is 5.10 Å². The van der Waals surface area contributed by atoms with Gasteiger partial charge in [-0.2, -0.15) is 0 Å². The summed E-state index contributed by atoms with van der Waals surface area (Å²) in [5.41, 5.74) is 0.580. The predicted octanol–water partition coefficient (Wildman–Crippen LogP) is 2.26. The molecule has 0 saturated carbocycles. The number of rotatable bonds is 4. The Balaban J connectivity index is 1.50. The highest BCUT2D eigenvalue weighted by Crippen LogP contribution is 2.34. The Morgan fingerprint density at radius 1 is 1.08 bits per heavy atom. The quantitative estimate of drug-likeness (QED) is 0.548. The zero-order valence-corrected chi connectivity index (χ0v) is 13.0. The number of nitrogens with zero attached hydrogens (tertiary/aromatic N) is 3. The fourth-order valence-electron chi connectivity index (χ4n) is 2.27. The number of benzene rings is 1. The van der Waals surface area contributed by atoms with Gasteiger partial charge >= 0.3 is 11.9 Å². The molecule has 0 bridgehead atoms. The van der Waals surface area contributed by atoms with Crippen molar-refractivity contribution < 1.29 is 28.0 Å². The molecule has 11 heteroatoms. The van der Waals surface area contributed by atoms with Crippen LogP contribution in [0.2, 0.25) is 0 Å². The Morgan fingerprint density at radius 3 is 2.65 bits per heavy atom. The highest BCUT2D eigenvalue weighted by molar-refractivity contribution is 6.01. The van der Waals surface area contributed by atoms with E-state index in [0.717, 1.165) is 6.07 Å². The van der Waals surface area contributed by atoms with Gasteiger partial charge in [0.1, 0.15) is 18.1 Å². The van der Waals surface area contributed by atoms with Gasteiger partial charge in [-0.25, -0.2) is 0 Å². The lowest BCUT2D eigenvalue weighted by molar-refractivity contribution is -0.402. The van der Waals surface area contributed by atoms with E-state index in [1.165, 1.54) is 6.07 Å². The van der Waals surface area contributed by atoms with Crippen molar-refractivity contribution in [1.82, 2.24) is 10.2 Å². The van der Waals surface area contributed by atoms with Crippen molar-refractivity contribution in [2.45, 2.75) is 0 Å². The maximum atomic E-state index is 12.0. The lowest BCUT2D eigenvalue weighted by Gasteiger charge is -2.18. The standard InChI is InChI=1S/C15H10N4O7/c20-13(10-3-4-12(25-10)19(21)22)16-15-18-17-14(26-15)8-1-2-9-11(7-8)24-6-5-23-9/h1-4,7H,5-6H2,(H,16,18,20). The SMILES string of the molecule is O=C(Nc1nnc(-c2ccc3c(c2)OCCO3)o1)c1ccc([N+](=O)[O-])o1. The molecular weight excluding hydrogens is 348 g/mol. The predicted molar refractivity (Wildman–Crippen MR) is 84.0 cm³/mol. The first kappa shape index (κ1) is 15.6. The van der Waals surface area contributed by atoms with Crippen LogP contribution in [0, 0.1) is 10.1 Å². The van der Waals surface area contributed by atoms with E-state index in [9.17, 15) is 14.9 Å². The average molecular weight is 358 g/mol. The number of nitro groups is 1. The van der Waals surface area contributed by atoms with Crippen LogP contribution in [0.15, 0.2) is 39.2 Å². The summed E-state index contributed by atoms with van der Waals surface area (Å²) in [6, 6.07) is 7.17. The number of carbonyl (C=O) groups excluding carboxylic acids is 1. The average Bonchev–Trinajstić information content (AvgIpc) is 3.31. The molecule has 3 aromatic rings. The molecule has 0 radical (unpaired) electrons. The van der Waals surface area contributed by atoms with Crippen molar-refractivity contribution in [3.8, 4) is 23.0 Å². The molecule has 132 valence electrons. The Bertz CT molecular complexity index is 994. The minimum absolute atomic E-state index is 0.155. The molecule has 0 fully saturated rings. The van der Waals surface area contributed by atoms with Gasteiger partial charge in [-0.05, 0) is 24.3 Å². The van der Waals surface area contributed by atoms with Crippen LogP contribution >= 0.6 is 0 Å². The van der Waals surface area contributed by atoms with Gasteiger partial charge in [0, 0.05) is 5.56 Å². The summed E-state index contributed by atoms with van der Waals surface area (Å²) in [5, 5.41) is 20.5. The smallest absolute Gasteiger partial charge is 0.433 e. The highest BCUT2D eigenvalue weighted by Gasteiger charge is 2.20. The van der Waals surface area contributed by atoms with E-state index in [2.05, 4.69) is 15.5 Å². The molecule has 1 aliphatic heterocycles. The molecular formula is C15H10N4O7. The van der Waals surface area contributed by atoms with E-state index in [0.29, 0.717) is 30.3 Å². The molecule has 3 heterocycles. The van der Waals surface area contributed by atoms with Crippen LogP contribution in [0.25, 0.3) is 11.5 Å². The molecule has 0 aliphatic carbocycles. The number of amides is 1. The van der Waals surface area contributed by atoms with Gasteiger partial charge in [0.05, 0.1) is 6.07 Å². The lowest BCUT2D eigenvalue weighted by Crippen LogP contribution is -2.15. The largest absolute Gasteiger partial charge is 0.486 e. The normalized spacial score (nSPS) is 12.6. The van der Waals surface area contributed by atoms with E-state index in [1.54, 1.807) is 18.2 Å². The molecule has 1 amide bonds. The van der Waals surface area contributed by atoms with E-state index >= 15 is 0 Å². The number of nitrogens with one attached hydrogen (secondary N) is 1. The molecule has 2 aromatic heterocycles. The molecule has 1 aromatic carbocycles. The minimum Gasteiger partial charge on any atom is -0.486 e. The van der Waals surface area contributed by atoms with Crippen molar-refractivity contribution in [3.05, 3.63) is 46.2 Å². The summed E-state index contributed by atoms with van der Waals surface area (Å²) < 4.78 is 21.1. The van der Waals surface area contributed by atoms with E-state index in [4.69, 9.17) is 18.3 Å². The van der Waals surface area contributed by atoms with Crippen LogP contribution in [-0.4, -0.2) is 34.2 Å². The maximum Gasteiger partial charge on any atom is 0.433 e. The number of hydrogen-bond donors (Lipinski definition) is 1. The van der Waals surface area contributed by atoms with Crippen molar-refractivity contribution in [2.75, 3.05) is 18.5 Å². The van der Waals surface area contributed by atoms with E-state index < -0.39 is 16.7 Å². The fourth-order valence-corrected chi connectivity index (χ4v) is 2.27. The zero-order chi connectivity index (χ0) is 18.1. The number of aromatic nitrogens is 2. The second-order valence-electron chi connectivity index (χ2n) is 5.12. The monoisotopic (exact) mass is 358 g/mol. The van der Waals surface area contributed by atoms with Crippen LogP contribution in [0.5, 0.6) is 11.5 Å². The number of furan rings is 1. The molecule has 4 rings (SSSR count). The first-order chi connectivity index (χ1) is 12.6. The van der Waals surface area contributed by atoms with Crippen LogP contribution in [0.3, 0.4) is 0 Å². The summed E-state index contributed by atoms with van der Waals surface area (Å²) in [6.07, 6.45) is 0. The maximum absolute atomic E-state index is 12.0. The zero-order valence-electron chi connectivity index (χ0n) is 13.0. The van der Waals surface area contributed by atoms with Gasteiger partial charge in [-0.1, -0.05) is 5.10 Å². The van der Waals surface area contributed by atoms with Crippen molar-refractivity contribution in [3.63, 3.8) is 0 Å². The Kier molecular flexibility index (Phi) is 3.73. The molecule has 0 saturated heterocycles. The fraction of sp³-hybridized carbons (Fsp3) is 0.133. The summed E-state index contributed by atoms with van der Waals surface area (Å²) in [4.78, 5) is 21.8. The van der Waals surface area contributed by atoms with Crippen LogP contribution in [-0.2, 0) is 0 Å². The first-order valence-corrected chi connectivity index (χ1v) is 7.39. The third kappa shape index (κ3) is 2.92. The number of hydrogen-bond acceptors (Lipinski definition) is 9. The molecule has 1 aliphatic rings. The third-order valence-corrected chi connectivity index (χ3v) is 3.43. The molecule has 1 N–H and O–H groups in total. The molecule has 0 spiro atoms. The van der Waals surface area contributed by atoms with Crippen LogP contribution < -0.4 is 14.8 Å². The van der Waals surface area contributed by atoms with Crippen molar-refractivity contribution in [2.24, 2.45) is 0 Å².